The maximum atomic E-state index is 13.1. The number of rotatable bonds is 6. The van der Waals surface area contributed by atoms with Crippen molar-refractivity contribution in [2.75, 3.05) is 25.4 Å². The lowest BCUT2D eigenvalue weighted by Crippen LogP contribution is -2.37. The van der Waals surface area contributed by atoms with Crippen LogP contribution < -0.4 is 11.1 Å². The fraction of sp³-hybridized carbons (Fsp3) is 0.286. The number of H-pyrrole nitrogens is 1. The van der Waals surface area contributed by atoms with Gasteiger partial charge in [0.25, 0.3) is 11.8 Å². The zero-order valence-corrected chi connectivity index (χ0v) is 20.0. The summed E-state index contributed by atoms with van der Waals surface area (Å²) in [6.07, 6.45) is 6.63. The predicted molar refractivity (Wildman–Crippen MR) is 141 cm³/mol. The SMILES string of the molecule is Nc1ccc2c(C3=C(c4c[nH]c5ccccc45)C(=O)NC3=O)cn(CC(O)CN3CCCCC3)c2c1. The molecule has 2 aliphatic rings. The van der Waals surface area contributed by atoms with E-state index in [1.54, 1.807) is 12.3 Å². The topological polar surface area (TPSA) is 116 Å². The maximum Gasteiger partial charge on any atom is 0.259 e. The summed E-state index contributed by atoms with van der Waals surface area (Å²) in [4.78, 5) is 31.7. The highest BCUT2D eigenvalue weighted by atomic mass is 16.3. The number of para-hydroxylation sites is 1. The first-order valence-corrected chi connectivity index (χ1v) is 12.4. The fourth-order valence-corrected chi connectivity index (χ4v) is 5.63. The molecule has 0 aliphatic carbocycles. The lowest BCUT2D eigenvalue weighted by molar-refractivity contribution is -0.122. The molecule has 2 amide bonds. The minimum atomic E-state index is -0.575. The van der Waals surface area contributed by atoms with E-state index in [1.165, 1.54) is 6.42 Å². The van der Waals surface area contributed by atoms with Gasteiger partial charge in [0.2, 0.25) is 0 Å². The number of nitrogens with two attached hydrogens (primary N) is 1. The molecular formula is C28H29N5O3. The minimum absolute atomic E-state index is 0.337. The standard InChI is InChI=1S/C28H29N5O3/c29-17-8-9-20-22(16-33(24(20)12-17)15-18(34)14-32-10-4-1-5-11-32)26-25(27(35)31-28(26)36)21-13-30-23-7-3-2-6-19(21)23/h2-3,6-9,12-13,16,18,30,34H,1,4-5,10-11,14-15,29H2,(H,31,35,36). The fourth-order valence-electron chi connectivity index (χ4n) is 5.63. The van der Waals surface area contributed by atoms with Crippen LogP contribution in [0.4, 0.5) is 5.69 Å². The molecule has 0 saturated carbocycles. The van der Waals surface area contributed by atoms with Crippen LogP contribution in [0.15, 0.2) is 54.9 Å². The third-order valence-electron chi connectivity index (χ3n) is 7.29. The Morgan fingerprint density at radius 2 is 1.67 bits per heavy atom. The van der Waals surface area contributed by atoms with Crippen molar-refractivity contribution in [2.45, 2.75) is 31.9 Å². The van der Waals surface area contributed by atoms with Crippen molar-refractivity contribution in [2.24, 2.45) is 0 Å². The molecule has 6 rings (SSSR count). The summed E-state index contributed by atoms with van der Waals surface area (Å²) in [7, 11) is 0. The number of nitrogens with zero attached hydrogens (tertiary/aromatic N) is 2. The van der Waals surface area contributed by atoms with Gasteiger partial charge in [0.05, 0.1) is 22.8 Å². The second-order valence-corrected chi connectivity index (χ2v) is 9.77. The first kappa shape index (κ1) is 22.6. The largest absolute Gasteiger partial charge is 0.399 e. The van der Waals surface area contributed by atoms with Crippen LogP contribution in [-0.4, -0.2) is 57.1 Å². The molecule has 0 bridgehead atoms. The molecule has 2 aromatic carbocycles. The van der Waals surface area contributed by atoms with Gasteiger partial charge >= 0.3 is 0 Å². The monoisotopic (exact) mass is 483 g/mol. The number of benzene rings is 2. The Hall–Kier alpha value is -3.88. The molecule has 184 valence electrons. The summed E-state index contributed by atoms with van der Waals surface area (Å²) in [6, 6.07) is 13.2. The number of aromatic amines is 1. The van der Waals surface area contributed by atoms with Crippen LogP contribution in [0.5, 0.6) is 0 Å². The van der Waals surface area contributed by atoms with Gasteiger partial charge in [-0.3, -0.25) is 14.9 Å². The Bertz CT molecular complexity index is 1520. The summed E-state index contributed by atoms with van der Waals surface area (Å²) in [6.45, 7) is 2.97. The maximum absolute atomic E-state index is 13.1. The van der Waals surface area contributed by atoms with E-state index >= 15 is 0 Å². The van der Waals surface area contributed by atoms with Crippen LogP contribution in [0.25, 0.3) is 33.0 Å². The number of aromatic nitrogens is 2. The number of fused-ring (bicyclic) bond motifs is 2. The molecule has 1 unspecified atom stereocenters. The third kappa shape index (κ3) is 3.88. The van der Waals surface area contributed by atoms with Crippen LogP contribution in [0, 0.1) is 0 Å². The first-order valence-electron chi connectivity index (χ1n) is 12.4. The van der Waals surface area contributed by atoms with Crippen molar-refractivity contribution in [1.29, 1.82) is 0 Å². The number of aliphatic hydroxyl groups excluding tert-OH is 1. The summed E-state index contributed by atoms with van der Waals surface area (Å²) in [5.41, 5.74) is 10.4. The van der Waals surface area contributed by atoms with Gasteiger partial charge in [-0.15, -0.1) is 0 Å². The highest BCUT2D eigenvalue weighted by molar-refractivity contribution is 6.50. The number of aliphatic hydroxyl groups is 1. The molecule has 2 aliphatic heterocycles. The van der Waals surface area contributed by atoms with Gasteiger partial charge in [0.15, 0.2) is 0 Å². The molecule has 4 heterocycles. The van der Waals surface area contributed by atoms with Gasteiger partial charge in [-0.05, 0) is 44.1 Å². The zero-order chi connectivity index (χ0) is 24.8. The number of piperidine rings is 1. The summed E-state index contributed by atoms with van der Waals surface area (Å²) in [5, 5.41) is 15.1. The molecule has 4 aromatic rings. The van der Waals surface area contributed by atoms with E-state index < -0.39 is 17.9 Å². The van der Waals surface area contributed by atoms with Gasteiger partial charge in [0.1, 0.15) is 0 Å². The van der Waals surface area contributed by atoms with Gasteiger partial charge in [-0.2, -0.15) is 0 Å². The summed E-state index contributed by atoms with van der Waals surface area (Å²) < 4.78 is 1.95. The molecule has 2 aromatic heterocycles. The number of amides is 2. The van der Waals surface area contributed by atoms with E-state index in [9.17, 15) is 14.7 Å². The summed E-state index contributed by atoms with van der Waals surface area (Å²) in [5.74, 6) is -0.841. The Labute approximate surface area is 208 Å². The Kier molecular flexibility index (Phi) is 5.62. The number of imide groups is 1. The van der Waals surface area contributed by atoms with Gasteiger partial charge in [-0.25, -0.2) is 0 Å². The minimum Gasteiger partial charge on any atom is -0.399 e. The third-order valence-corrected chi connectivity index (χ3v) is 7.29. The molecule has 0 spiro atoms. The summed E-state index contributed by atoms with van der Waals surface area (Å²) >= 11 is 0. The van der Waals surface area contributed by atoms with Crippen molar-refractivity contribution in [3.05, 3.63) is 66.0 Å². The average molecular weight is 484 g/mol. The number of anilines is 1. The molecular weight excluding hydrogens is 454 g/mol. The molecule has 0 radical (unpaired) electrons. The molecule has 8 heteroatoms. The number of carbonyl (C=O) groups excluding carboxylic acids is 2. The molecule has 1 saturated heterocycles. The lowest BCUT2D eigenvalue weighted by atomic mass is 9.95. The zero-order valence-electron chi connectivity index (χ0n) is 20.0. The Balaban J connectivity index is 1.46. The molecule has 1 fully saturated rings. The average Bonchev–Trinajstić information content (AvgIpc) is 3.52. The first-order chi connectivity index (χ1) is 17.5. The van der Waals surface area contributed by atoms with E-state index in [4.69, 9.17) is 5.73 Å². The Morgan fingerprint density at radius 1 is 0.917 bits per heavy atom. The van der Waals surface area contributed by atoms with Crippen molar-refractivity contribution >= 4 is 50.5 Å². The molecule has 36 heavy (non-hydrogen) atoms. The molecule has 5 N–H and O–H groups in total. The van der Waals surface area contributed by atoms with E-state index in [-0.39, 0.29) is 0 Å². The van der Waals surface area contributed by atoms with Crippen LogP contribution in [-0.2, 0) is 16.1 Å². The second-order valence-electron chi connectivity index (χ2n) is 9.77. The van der Waals surface area contributed by atoms with Crippen molar-refractivity contribution < 1.29 is 14.7 Å². The number of hydrogen-bond acceptors (Lipinski definition) is 5. The number of carbonyl (C=O) groups is 2. The van der Waals surface area contributed by atoms with E-state index in [0.29, 0.717) is 41.1 Å². The van der Waals surface area contributed by atoms with Crippen molar-refractivity contribution in [3.8, 4) is 0 Å². The highest BCUT2D eigenvalue weighted by Crippen LogP contribution is 2.38. The van der Waals surface area contributed by atoms with Gasteiger partial charge in [0, 0.05) is 58.6 Å². The predicted octanol–water partition coefficient (Wildman–Crippen LogP) is 3.12. The normalized spacial score (nSPS) is 17.9. The number of likely N-dealkylation sites (tertiary alicyclic amines) is 1. The smallest absolute Gasteiger partial charge is 0.259 e. The van der Waals surface area contributed by atoms with Crippen LogP contribution in [0.1, 0.15) is 30.4 Å². The Morgan fingerprint density at radius 3 is 2.47 bits per heavy atom. The number of nitrogens with one attached hydrogen (secondary N) is 2. The van der Waals surface area contributed by atoms with E-state index in [1.807, 2.05) is 47.2 Å². The van der Waals surface area contributed by atoms with Gasteiger partial charge < -0.3 is 25.3 Å². The highest BCUT2D eigenvalue weighted by Gasteiger charge is 2.35. The van der Waals surface area contributed by atoms with Crippen molar-refractivity contribution in [3.63, 3.8) is 0 Å². The number of hydrogen-bond donors (Lipinski definition) is 4. The van der Waals surface area contributed by atoms with Crippen molar-refractivity contribution in [1.82, 2.24) is 19.8 Å². The van der Waals surface area contributed by atoms with Crippen LogP contribution in [0.2, 0.25) is 0 Å². The quantitative estimate of drug-likeness (QED) is 0.248. The van der Waals surface area contributed by atoms with Gasteiger partial charge in [-0.1, -0.05) is 30.7 Å². The number of nitrogen functional groups attached to an aromatic ring is 1. The molecule has 1 atom stereocenters. The molecule has 8 nitrogen and oxygen atoms in total. The lowest BCUT2D eigenvalue weighted by Gasteiger charge is -2.28. The number of β-amino-alcohol motifs (C(OH)–C–C–N with tert-alkyl or cyclic N) is 1. The van der Waals surface area contributed by atoms with E-state index in [0.717, 1.165) is 47.7 Å². The van der Waals surface area contributed by atoms with Crippen LogP contribution in [0.3, 0.4) is 0 Å². The van der Waals surface area contributed by atoms with Crippen LogP contribution >= 0.6 is 0 Å². The second kappa shape index (κ2) is 8.96. The van der Waals surface area contributed by atoms with E-state index in [2.05, 4.69) is 15.2 Å².